The number of hydrogen-bond acceptors (Lipinski definition) is 8. The van der Waals surface area contributed by atoms with Crippen LogP contribution in [-0.2, 0) is 4.79 Å². The molecule has 0 bridgehead atoms. The Bertz CT molecular complexity index is 1280. The van der Waals surface area contributed by atoms with Crippen molar-refractivity contribution in [2.45, 2.75) is 5.92 Å². The Labute approximate surface area is 201 Å². The van der Waals surface area contributed by atoms with Crippen LogP contribution in [0.1, 0.15) is 17.0 Å². The van der Waals surface area contributed by atoms with Gasteiger partial charge in [-0.25, -0.2) is 9.97 Å². The van der Waals surface area contributed by atoms with E-state index in [9.17, 15) is 14.9 Å². The van der Waals surface area contributed by atoms with Gasteiger partial charge in [-0.2, -0.15) is 0 Å². The second-order valence-corrected chi connectivity index (χ2v) is 7.37. The molecule has 0 aliphatic carbocycles. The first-order valence-electron chi connectivity index (χ1n) is 10.6. The molecule has 1 amide bonds. The van der Waals surface area contributed by atoms with Gasteiger partial charge in [0.2, 0.25) is 17.5 Å². The number of methoxy groups -OCH3 is 1. The molecule has 1 aromatic heterocycles. The molecule has 4 aromatic rings. The van der Waals surface area contributed by atoms with E-state index in [4.69, 9.17) is 4.74 Å². The van der Waals surface area contributed by atoms with Crippen molar-refractivity contribution in [3.05, 3.63) is 112 Å². The van der Waals surface area contributed by atoms with Gasteiger partial charge in [0.1, 0.15) is 12.1 Å². The number of aromatic nitrogens is 2. The summed E-state index contributed by atoms with van der Waals surface area (Å²) in [5.41, 5.74) is 6.77. The molecule has 0 unspecified atom stereocenters. The number of para-hydroxylation sites is 2. The zero-order valence-corrected chi connectivity index (χ0v) is 18.7. The maximum Gasteiger partial charge on any atom is 0.355 e. The summed E-state index contributed by atoms with van der Waals surface area (Å²) in [6.45, 7) is 0. The van der Waals surface area contributed by atoms with Gasteiger partial charge in [0, 0.05) is 0 Å². The highest BCUT2D eigenvalue weighted by atomic mass is 16.6. The number of carbonyl (C=O) groups is 1. The molecule has 3 N–H and O–H groups in total. The molecular weight excluding hydrogens is 448 g/mol. The summed E-state index contributed by atoms with van der Waals surface area (Å²) < 4.78 is 5.29. The molecule has 0 aliphatic heterocycles. The lowest BCUT2D eigenvalue weighted by molar-refractivity contribution is -0.383. The minimum Gasteiger partial charge on any atom is -0.495 e. The minimum atomic E-state index is -0.642. The minimum absolute atomic E-state index is 0.0612. The first-order chi connectivity index (χ1) is 17.1. The number of hydrogen-bond donors (Lipinski definition) is 3. The van der Waals surface area contributed by atoms with E-state index in [1.165, 1.54) is 7.11 Å². The largest absolute Gasteiger partial charge is 0.495 e. The number of nitrogens with zero attached hydrogens (tertiary/aromatic N) is 3. The van der Waals surface area contributed by atoms with Crippen molar-refractivity contribution < 1.29 is 14.5 Å². The number of benzene rings is 3. The third-order valence-electron chi connectivity index (χ3n) is 5.20. The summed E-state index contributed by atoms with van der Waals surface area (Å²) in [7, 11) is 1.49. The van der Waals surface area contributed by atoms with E-state index >= 15 is 0 Å². The number of nitrogens with one attached hydrogen (secondary N) is 3. The molecule has 0 saturated heterocycles. The van der Waals surface area contributed by atoms with E-state index in [0.717, 1.165) is 17.5 Å². The predicted octanol–water partition coefficient (Wildman–Crippen LogP) is 4.41. The highest BCUT2D eigenvalue weighted by Gasteiger charge is 2.26. The number of carbonyl (C=O) groups excluding carboxylic acids is 1. The Morgan fingerprint density at radius 1 is 0.886 bits per heavy atom. The predicted molar refractivity (Wildman–Crippen MR) is 131 cm³/mol. The third-order valence-corrected chi connectivity index (χ3v) is 5.20. The Hall–Kier alpha value is -4.99. The maximum atomic E-state index is 13.2. The second kappa shape index (κ2) is 10.8. The molecule has 0 spiro atoms. The molecule has 1 heterocycles. The standard InChI is InChI=1S/C25H22N6O4/c1-35-20-15-9-8-14-19(20)28-23-22(31(33)34)24(27-16-26-23)29-30-25(32)21(17-10-4-2-5-11-17)18-12-6-3-7-13-18/h2-16,21H,1H3,(H,30,32)(H2,26,27,28,29). The molecule has 176 valence electrons. The van der Waals surface area contributed by atoms with Gasteiger partial charge in [-0.3, -0.25) is 25.8 Å². The van der Waals surface area contributed by atoms with Crippen molar-refractivity contribution in [2.24, 2.45) is 0 Å². The van der Waals surface area contributed by atoms with Gasteiger partial charge in [-0.1, -0.05) is 72.8 Å². The lowest BCUT2D eigenvalue weighted by Gasteiger charge is -2.18. The average molecular weight is 470 g/mol. The Balaban J connectivity index is 1.60. The summed E-state index contributed by atoms with van der Waals surface area (Å²) >= 11 is 0. The fraction of sp³-hybridized carbons (Fsp3) is 0.0800. The van der Waals surface area contributed by atoms with Crippen LogP contribution >= 0.6 is 0 Å². The Kier molecular flexibility index (Phi) is 7.12. The zero-order valence-electron chi connectivity index (χ0n) is 18.7. The maximum absolute atomic E-state index is 13.2. The number of hydrazine groups is 1. The van der Waals surface area contributed by atoms with Crippen LogP contribution in [0.15, 0.2) is 91.3 Å². The topological polar surface area (TPSA) is 131 Å². The summed E-state index contributed by atoms with van der Waals surface area (Å²) in [5, 5.41) is 14.8. The van der Waals surface area contributed by atoms with Crippen molar-refractivity contribution in [1.82, 2.24) is 15.4 Å². The third kappa shape index (κ3) is 5.33. The second-order valence-electron chi connectivity index (χ2n) is 7.37. The van der Waals surface area contributed by atoms with Gasteiger partial charge in [-0.15, -0.1) is 0 Å². The highest BCUT2D eigenvalue weighted by Crippen LogP contribution is 2.34. The van der Waals surface area contributed by atoms with Crippen molar-refractivity contribution >= 4 is 28.9 Å². The SMILES string of the molecule is COc1ccccc1Nc1ncnc(NNC(=O)C(c2ccccc2)c2ccccc2)c1[N+](=O)[O-]. The number of ether oxygens (including phenoxy) is 1. The summed E-state index contributed by atoms with van der Waals surface area (Å²) in [6.07, 6.45) is 1.16. The average Bonchev–Trinajstić information content (AvgIpc) is 2.89. The Morgan fingerprint density at radius 2 is 1.46 bits per heavy atom. The van der Waals surface area contributed by atoms with Crippen LogP contribution in [0.2, 0.25) is 0 Å². The van der Waals surface area contributed by atoms with Gasteiger partial charge in [-0.05, 0) is 23.3 Å². The fourth-order valence-corrected chi connectivity index (χ4v) is 3.59. The van der Waals surface area contributed by atoms with Gasteiger partial charge < -0.3 is 10.1 Å². The van der Waals surface area contributed by atoms with E-state index in [1.807, 2.05) is 60.7 Å². The fourth-order valence-electron chi connectivity index (χ4n) is 3.59. The van der Waals surface area contributed by atoms with Crippen molar-refractivity contribution in [3.63, 3.8) is 0 Å². The van der Waals surface area contributed by atoms with Crippen molar-refractivity contribution in [1.29, 1.82) is 0 Å². The first-order valence-corrected chi connectivity index (χ1v) is 10.6. The van der Waals surface area contributed by atoms with Crippen molar-refractivity contribution in [3.8, 4) is 5.75 Å². The van der Waals surface area contributed by atoms with Crippen LogP contribution in [0.25, 0.3) is 0 Å². The molecule has 0 radical (unpaired) electrons. The van der Waals surface area contributed by atoms with Gasteiger partial charge >= 0.3 is 5.69 Å². The van der Waals surface area contributed by atoms with E-state index in [2.05, 4.69) is 26.1 Å². The quantitative estimate of drug-likeness (QED) is 0.242. The smallest absolute Gasteiger partial charge is 0.355 e. The lowest BCUT2D eigenvalue weighted by atomic mass is 9.91. The molecule has 3 aromatic carbocycles. The van der Waals surface area contributed by atoms with Crippen LogP contribution in [0, 0.1) is 10.1 Å². The summed E-state index contributed by atoms with van der Waals surface area (Å²) in [4.78, 5) is 32.5. The van der Waals surface area contributed by atoms with Crippen molar-refractivity contribution in [2.75, 3.05) is 17.9 Å². The van der Waals surface area contributed by atoms with Gasteiger partial charge in [0.15, 0.2) is 0 Å². The molecule has 35 heavy (non-hydrogen) atoms. The molecule has 0 atom stereocenters. The normalized spacial score (nSPS) is 10.5. The van der Waals surface area contributed by atoms with Crippen LogP contribution in [0.5, 0.6) is 5.75 Å². The molecule has 0 fully saturated rings. The van der Waals surface area contributed by atoms with Crippen LogP contribution in [-0.4, -0.2) is 27.9 Å². The molecule has 10 nitrogen and oxygen atoms in total. The molecule has 10 heteroatoms. The van der Waals surface area contributed by atoms with E-state index < -0.39 is 22.4 Å². The molecule has 0 saturated carbocycles. The van der Waals surface area contributed by atoms with Gasteiger partial charge in [0.05, 0.1) is 23.6 Å². The van der Waals surface area contributed by atoms with E-state index in [-0.39, 0.29) is 11.6 Å². The van der Waals surface area contributed by atoms with Crippen LogP contribution in [0.3, 0.4) is 0 Å². The van der Waals surface area contributed by atoms with Gasteiger partial charge in [0.25, 0.3) is 0 Å². The number of nitro groups is 1. The number of amides is 1. The first kappa shape index (κ1) is 23.2. The molecule has 0 aliphatic rings. The summed E-state index contributed by atoms with van der Waals surface area (Å²) in [5.74, 6) is -0.798. The summed E-state index contributed by atoms with van der Waals surface area (Å²) in [6, 6.07) is 25.4. The van der Waals surface area contributed by atoms with E-state index in [1.54, 1.807) is 24.3 Å². The van der Waals surface area contributed by atoms with Crippen LogP contribution < -0.4 is 20.9 Å². The molecular formula is C25H22N6O4. The Morgan fingerprint density at radius 3 is 2.06 bits per heavy atom. The number of rotatable bonds is 9. The highest BCUT2D eigenvalue weighted by molar-refractivity contribution is 5.88. The molecule has 4 rings (SSSR count). The number of anilines is 3. The zero-order chi connectivity index (χ0) is 24.6. The monoisotopic (exact) mass is 470 g/mol. The van der Waals surface area contributed by atoms with E-state index in [0.29, 0.717) is 11.4 Å². The lowest BCUT2D eigenvalue weighted by Crippen LogP contribution is -2.35. The van der Waals surface area contributed by atoms with Crippen LogP contribution in [0.4, 0.5) is 23.0 Å².